The third-order valence-electron chi connectivity index (χ3n) is 4.61. The van der Waals surface area contributed by atoms with Gasteiger partial charge in [-0.15, -0.1) is 0 Å². The number of anilines is 1. The molecule has 0 fully saturated rings. The van der Waals surface area contributed by atoms with Crippen molar-refractivity contribution in [2.75, 3.05) is 17.1 Å². The van der Waals surface area contributed by atoms with Crippen molar-refractivity contribution in [2.45, 2.75) is 46.1 Å². The van der Waals surface area contributed by atoms with Crippen LogP contribution in [0.3, 0.4) is 0 Å². The zero-order valence-electron chi connectivity index (χ0n) is 17.1. The third-order valence-corrected chi connectivity index (χ3v) is 5.80. The molecule has 0 bridgehead atoms. The molecule has 1 amide bonds. The Morgan fingerprint density at radius 2 is 1.68 bits per heavy atom. The standard InChI is InChI=1S/C22H30N2O3S/c1-5-21(19-10-7-6-8-11-19)23-22(25)12-9-13-24(28(4,26)27)20-15-17(2)14-18(3)16-20/h6-8,10-11,14-16,21H,5,9,12-13H2,1-4H3,(H,23,25)/t21-/m1/s1. The first-order valence-corrected chi connectivity index (χ1v) is 11.5. The predicted molar refractivity (Wildman–Crippen MR) is 115 cm³/mol. The Balaban J connectivity index is 1.99. The summed E-state index contributed by atoms with van der Waals surface area (Å²) >= 11 is 0. The van der Waals surface area contributed by atoms with Gasteiger partial charge in [0.05, 0.1) is 18.0 Å². The summed E-state index contributed by atoms with van der Waals surface area (Å²) in [6.45, 7) is 6.19. The van der Waals surface area contributed by atoms with Crippen LogP contribution in [0.1, 0.15) is 48.9 Å². The Labute approximate surface area is 168 Å². The molecule has 152 valence electrons. The van der Waals surface area contributed by atoms with Gasteiger partial charge in [0, 0.05) is 13.0 Å². The molecule has 6 heteroatoms. The van der Waals surface area contributed by atoms with Crippen LogP contribution in [-0.4, -0.2) is 27.1 Å². The molecule has 1 N–H and O–H groups in total. The van der Waals surface area contributed by atoms with E-state index in [1.54, 1.807) is 0 Å². The molecule has 2 aromatic rings. The molecule has 0 aliphatic rings. The summed E-state index contributed by atoms with van der Waals surface area (Å²) in [6, 6.07) is 15.6. The number of hydrogen-bond acceptors (Lipinski definition) is 3. The summed E-state index contributed by atoms with van der Waals surface area (Å²) in [5.41, 5.74) is 3.74. The largest absolute Gasteiger partial charge is 0.349 e. The summed E-state index contributed by atoms with van der Waals surface area (Å²) < 4.78 is 25.9. The van der Waals surface area contributed by atoms with Gasteiger partial charge in [-0.3, -0.25) is 9.10 Å². The predicted octanol–water partition coefficient (Wildman–Crippen LogP) is 4.12. The van der Waals surface area contributed by atoms with Gasteiger partial charge in [-0.2, -0.15) is 0 Å². The van der Waals surface area contributed by atoms with E-state index in [9.17, 15) is 13.2 Å². The first kappa shape index (κ1) is 22.0. The third kappa shape index (κ3) is 6.37. The average molecular weight is 403 g/mol. The van der Waals surface area contributed by atoms with Gasteiger partial charge < -0.3 is 5.32 Å². The second kappa shape index (κ2) is 9.73. The summed E-state index contributed by atoms with van der Waals surface area (Å²) in [5, 5.41) is 3.05. The summed E-state index contributed by atoms with van der Waals surface area (Å²) in [7, 11) is -3.42. The highest BCUT2D eigenvalue weighted by molar-refractivity contribution is 7.92. The van der Waals surface area contributed by atoms with E-state index in [1.165, 1.54) is 10.6 Å². The van der Waals surface area contributed by atoms with Crippen LogP contribution >= 0.6 is 0 Å². The van der Waals surface area contributed by atoms with E-state index >= 15 is 0 Å². The number of aryl methyl sites for hydroxylation is 2. The Bertz CT molecular complexity index is 875. The lowest BCUT2D eigenvalue weighted by Crippen LogP contribution is -2.33. The van der Waals surface area contributed by atoms with Gasteiger partial charge in [0.2, 0.25) is 15.9 Å². The SMILES string of the molecule is CC[C@@H](NC(=O)CCCN(c1cc(C)cc(C)c1)S(C)(=O)=O)c1ccccc1. The smallest absolute Gasteiger partial charge is 0.232 e. The average Bonchev–Trinajstić information content (AvgIpc) is 2.62. The molecule has 2 aromatic carbocycles. The minimum absolute atomic E-state index is 0.0286. The minimum Gasteiger partial charge on any atom is -0.349 e. The van der Waals surface area contributed by atoms with Crippen molar-refractivity contribution in [1.29, 1.82) is 0 Å². The van der Waals surface area contributed by atoms with Crippen LogP contribution < -0.4 is 9.62 Å². The monoisotopic (exact) mass is 402 g/mol. The summed E-state index contributed by atoms with van der Waals surface area (Å²) in [4.78, 5) is 12.4. The second-order valence-corrected chi connectivity index (χ2v) is 9.13. The number of rotatable bonds is 9. The molecule has 0 saturated heterocycles. The number of benzene rings is 2. The highest BCUT2D eigenvalue weighted by Gasteiger charge is 2.19. The Hall–Kier alpha value is -2.34. The van der Waals surface area contributed by atoms with Gasteiger partial charge in [-0.1, -0.05) is 43.3 Å². The molecule has 0 saturated carbocycles. The zero-order valence-corrected chi connectivity index (χ0v) is 17.9. The molecule has 1 atom stereocenters. The maximum absolute atomic E-state index is 12.4. The number of amides is 1. The molecule has 28 heavy (non-hydrogen) atoms. The van der Waals surface area contributed by atoms with E-state index in [4.69, 9.17) is 0 Å². The number of nitrogens with zero attached hydrogens (tertiary/aromatic N) is 1. The minimum atomic E-state index is -3.42. The van der Waals surface area contributed by atoms with Crippen LogP contribution in [0.2, 0.25) is 0 Å². The van der Waals surface area contributed by atoms with Crippen LogP contribution in [-0.2, 0) is 14.8 Å². The van der Waals surface area contributed by atoms with Crippen molar-refractivity contribution < 1.29 is 13.2 Å². The fourth-order valence-corrected chi connectivity index (χ4v) is 4.29. The summed E-state index contributed by atoms with van der Waals surface area (Å²) in [6.07, 6.45) is 2.73. The lowest BCUT2D eigenvalue weighted by atomic mass is 10.0. The molecule has 0 aliphatic heterocycles. The summed E-state index contributed by atoms with van der Waals surface area (Å²) in [5.74, 6) is -0.0652. The Morgan fingerprint density at radius 1 is 1.07 bits per heavy atom. The number of nitrogens with one attached hydrogen (secondary N) is 1. The normalized spacial score (nSPS) is 12.4. The molecule has 0 aromatic heterocycles. The lowest BCUT2D eigenvalue weighted by Gasteiger charge is -2.23. The van der Waals surface area contributed by atoms with Crippen molar-refractivity contribution in [2.24, 2.45) is 0 Å². The molecule has 2 rings (SSSR count). The maximum Gasteiger partial charge on any atom is 0.232 e. The van der Waals surface area contributed by atoms with Gasteiger partial charge in [0.15, 0.2) is 0 Å². The van der Waals surface area contributed by atoms with E-state index in [-0.39, 0.29) is 24.9 Å². The molecule has 0 aliphatic carbocycles. The number of sulfonamides is 1. The highest BCUT2D eigenvalue weighted by atomic mass is 32.2. The zero-order chi connectivity index (χ0) is 20.7. The first-order valence-electron chi connectivity index (χ1n) is 9.61. The number of hydrogen-bond donors (Lipinski definition) is 1. The molecular formula is C22H30N2O3S. The molecule has 0 heterocycles. The van der Waals surface area contributed by atoms with E-state index in [0.717, 1.165) is 23.1 Å². The Morgan fingerprint density at radius 3 is 2.21 bits per heavy atom. The molecule has 0 radical (unpaired) electrons. The highest BCUT2D eigenvalue weighted by Crippen LogP contribution is 2.22. The van der Waals surface area contributed by atoms with Gasteiger partial charge >= 0.3 is 0 Å². The van der Waals surface area contributed by atoms with Crippen LogP contribution in [0.5, 0.6) is 0 Å². The fraction of sp³-hybridized carbons (Fsp3) is 0.409. The quantitative estimate of drug-likeness (QED) is 0.686. The van der Waals surface area contributed by atoms with Crippen molar-refractivity contribution in [3.63, 3.8) is 0 Å². The van der Waals surface area contributed by atoms with E-state index in [2.05, 4.69) is 5.32 Å². The number of carbonyl (C=O) groups is 1. The second-order valence-electron chi connectivity index (χ2n) is 7.22. The van der Waals surface area contributed by atoms with Crippen molar-refractivity contribution in [3.8, 4) is 0 Å². The molecule has 5 nitrogen and oxygen atoms in total. The number of carbonyl (C=O) groups excluding carboxylic acids is 1. The van der Waals surface area contributed by atoms with Gasteiger partial charge in [-0.05, 0) is 55.5 Å². The first-order chi connectivity index (χ1) is 13.2. The molecule has 0 unspecified atom stereocenters. The van der Waals surface area contributed by atoms with Crippen molar-refractivity contribution >= 4 is 21.6 Å². The topological polar surface area (TPSA) is 66.5 Å². The van der Waals surface area contributed by atoms with Gasteiger partial charge in [0.1, 0.15) is 0 Å². The van der Waals surface area contributed by atoms with E-state index in [0.29, 0.717) is 12.1 Å². The van der Waals surface area contributed by atoms with Crippen LogP contribution in [0.4, 0.5) is 5.69 Å². The van der Waals surface area contributed by atoms with Crippen molar-refractivity contribution in [3.05, 3.63) is 65.2 Å². The van der Waals surface area contributed by atoms with Crippen LogP contribution in [0.25, 0.3) is 0 Å². The Kier molecular flexibility index (Phi) is 7.63. The van der Waals surface area contributed by atoms with E-state index < -0.39 is 10.0 Å². The fourth-order valence-electron chi connectivity index (χ4n) is 3.34. The van der Waals surface area contributed by atoms with Crippen molar-refractivity contribution in [1.82, 2.24) is 5.32 Å². The molecule has 0 spiro atoms. The maximum atomic E-state index is 12.4. The molecular weight excluding hydrogens is 372 g/mol. The van der Waals surface area contributed by atoms with Crippen LogP contribution in [0.15, 0.2) is 48.5 Å². The van der Waals surface area contributed by atoms with Gasteiger partial charge in [-0.25, -0.2) is 8.42 Å². The lowest BCUT2D eigenvalue weighted by molar-refractivity contribution is -0.121. The van der Waals surface area contributed by atoms with E-state index in [1.807, 2.05) is 69.3 Å². The van der Waals surface area contributed by atoms with Crippen LogP contribution in [0, 0.1) is 13.8 Å². The van der Waals surface area contributed by atoms with Gasteiger partial charge in [0.25, 0.3) is 0 Å².